The number of aromatic nitrogens is 2. The van der Waals surface area contributed by atoms with Gasteiger partial charge in [-0.1, -0.05) is 6.07 Å². The van der Waals surface area contributed by atoms with E-state index in [0.29, 0.717) is 16.7 Å². The highest BCUT2D eigenvalue weighted by Crippen LogP contribution is 2.20. The van der Waals surface area contributed by atoms with Crippen LogP contribution in [0, 0.1) is 0 Å². The van der Waals surface area contributed by atoms with E-state index in [-0.39, 0.29) is 5.70 Å². The third-order valence-electron chi connectivity index (χ3n) is 2.64. The van der Waals surface area contributed by atoms with Gasteiger partial charge in [0.1, 0.15) is 11.2 Å². The lowest BCUT2D eigenvalue weighted by Gasteiger charge is -2.10. The molecule has 0 fully saturated rings. The van der Waals surface area contributed by atoms with Crippen LogP contribution in [0.3, 0.4) is 0 Å². The summed E-state index contributed by atoms with van der Waals surface area (Å²) in [6.45, 7) is 0. The largest absolute Gasteiger partial charge is 0.466 e. The number of hydrogen-bond acceptors (Lipinski definition) is 7. The van der Waals surface area contributed by atoms with Crippen molar-refractivity contribution in [2.75, 3.05) is 19.5 Å². The van der Waals surface area contributed by atoms with E-state index in [4.69, 9.17) is 0 Å². The molecule has 0 aliphatic rings. The van der Waals surface area contributed by atoms with E-state index in [1.54, 1.807) is 24.4 Å². The predicted octanol–water partition coefficient (Wildman–Crippen LogP) is 1.27. The Morgan fingerprint density at radius 3 is 2.62 bits per heavy atom. The maximum absolute atomic E-state index is 11.7. The lowest BCUT2D eigenvalue weighted by atomic mass is 10.2. The van der Waals surface area contributed by atoms with Crippen molar-refractivity contribution in [1.29, 1.82) is 0 Å². The molecular formula is C14H13N3O4. The van der Waals surface area contributed by atoms with Crippen molar-refractivity contribution in [1.82, 2.24) is 9.97 Å². The first kappa shape index (κ1) is 14.4. The summed E-state index contributed by atoms with van der Waals surface area (Å²) in [5.41, 5.74) is 1.70. The molecule has 0 aliphatic carbocycles. The first-order chi connectivity index (χ1) is 10.2. The maximum atomic E-state index is 11.7. The predicted molar refractivity (Wildman–Crippen MR) is 75.3 cm³/mol. The average molecular weight is 287 g/mol. The van der Waals surface area contributed by atoms with Crippen LogP contribution in [0.5, 0.6) is 0 Å². The summed E-state index contributed by atoms with van der Waals surface area (Å²) in [5.74, 6) is -1.37. The Morgan fingerprint density at radius 1 is 1.14 bits per heavy atom. The smallest absolute Gasteiger partial charge is 0.354 e. The van der Waals surface area contributed by atoms with Crippen LogP contribution < -0.4 is 5.32 Å². The Balaban J connectivity index is 2.41. The number of ether oxygens (including phenoxy) is 2. The fourth-order valence-corrected chi connectivity index (χ4v) is 1.67. The molecule has 1 aromatic heterocycles. The van der Waals surface area contributed by atoms with Crippen LogP contribution in [0.15, 0.2) is 42.4 Å². The molecule has 0 saturated carbocycles. The van der Waals surface area contributed by atoms with Gasteiger partial charge in [-0.25, -0.2) is 9.59 Å². The molecule has 0 unspecified atom stereocenters. The van der Waals surface area contributed by atoms with Gasteiger partial charge in [-0.15, -0.1) is 0 Å². The summed E-state index contributed by atoms with van der Waals surface area (Å²) in [7, 11) is 2.44. The molecule has 2 rings (SSSR count). The van der Waals surface area contributed by atoms with Crippen molar-refractivity contribution in [3.8, 4) is 0 Å². The maximum Gasteiger partial charge on any atom is 0.354 e. The number of methoxy groups -OCH3 is 2. The lowest BCUT2D eigenvalue weighted by molar-refractivity contribution is -0.138. The van der Waals surface area contributed by atoms with Crippen LogP contribution in [0.4, 0.5) is 5.69 Å². The molecule has 1 aromatic carbocycles. The van der Waals surface area contributed by atoms with Crippen LogP contribution in [0.1, 0.15) is 0 Å². The van der Waals surface area contributed by atoms with Gasteiger partial charge in [-0.05, 0) is 12.1 Å². The molecule has 2 aromatic rings. The van der Waals surface area contributed by atoms with Gasteiger partial charge in [0, 0.05) is 12.4 Å². The fourth-order valence-electron chi connectivity index (χ4n) is 1.67. The Kier molecular flexibility index (Phi) is 4.45. The zero-order valence-electron chi connectivity index (χ0n) is 11.5. The highest BCUT2D eigenvalue weighted by Gasteiger charge is 2.14. The second kappa shape index (κ2) is 6.47. The molecule has 1 N–H and O–H groups in total. The van der Waals surface area contributed by atoms with Crippen LogP contribution in [0.2, 0.25) is 0 Å². The molecule has 0 amide bonds. The van der Waals surface area contributed by atoms with Crippen LogP contribution in [-0.4, -0.2) is 36.1 Å². The van der Waals surface area contributed by atoms with E-state index in [0.717, 1.165) is 6.08 Å². The third-order valence-corrected chi connectivity index (χ3v) is 2.64. The minimum atomic E-state index is -0.693. The van der Waals surface area contributed by atoms with E-state index in [1.807, 2.05) is 0 Å². The number of carbonyl (C=O) groups excluding carboxylic acids is 2. The third kappa shape index (κ3) is 3.33. The molecule has 21 heavy (non-hydrogen) atoms. The number of nitrogens with one attached hydrogen (secondary N) is 1. The molecule has 0 saturated heterocycles. The fraction of sp³-hybridized carbons (Fsp3) is 0.143. The minimum Gasteiger partial charge on any atom is -0.466 e. The number of fused-ring (bicyclic) bond motifs is 1. The monoisotopic (exact) mass is 287 g/mol. The number of para-hydroxylation sites is 1. The van der Waals surface area contributed by atoms with Gasteiger partial charge in [0.2, 0.25) is 0 Å². The molecule has 0 radical (unpaired) electrons. The van der Waals surface area contributed by atoms with Crippen LogP contribution in [-0.2, 0) is 19.1 Å². The molecule has 7 heteroatoms. The Labute approximate surface area is 120 Å². The molecule has 7 nitrogen and oxygen atoms in total. The quantitative estimate of drug-likeness (QED) is 0.669. The normalized spacial score (nSPS) is 11.0. The topological polar surface area (TPSA) is 90.4 Å². The number of benzene rings is 1. The van der Waals surface area contributed by atoms with E-state index in [2.05, 4.69) is 24.8 Å². The Morgan fingerprint density at radius 2 is 1.90 bits per heavy atom. The molecule has 0 bridgehead atoms. The standard InChI is InChI=1S/C14H13N3O4/c1-20-12(18)8-11(14(19)21-2)17-10-5-3-4-9-13(10)16-7-6-15-9/h3-8,17H,1-2H3/b11-8+. The average Bonchev–Trinajstić information content (AvgIpc) is 2.53. The summed E-state index contributed by atoms with van der Waals surface area (Å²) in [4.78, 5) is 31.4. The number of nitrogens with zero attached hydrogens (tertiary/aromatic N) is 2. The Hall–Kier alpha value is -2.96. The summed E-state index contributed by atoms with van der Waals surface area (Å²) < 4.78 is 9.14. The number of rotatable bonds is 4. The first-order valence-corrected chi connectivity index (χ1v) is 6.00. The molecule has 108 valence electrons. The number of esters is 2. The summed E-state index contributed by atoms with van der Waals surface area (Å²) in [5, 5.41) is 2.82. The molecule has 0 aliphatic heterocycles. The lowest BCUT2D eigenvalue weighted by Crippen LogP contribution is -2.15. The molecule has 1 heterocycles. The van der Waals surface area contributed by atoms with E-state index >= 15 is 0 Å². The molecule has 0 atom stereocenters. The van der Waals surface area contributed by atoms with Gasteiger partial charge in [0.25, 0.3) is 0 Å². The summed E-state index contributed by atoms with van der Waals surface area (Å²) in [6, 6.07) is 5.26. The SMILES string of the molecule is COC(=O)/C=C(/Nc1cccc2nccnc12)C(=O)OC. The second-order valence-electron chi connectivity index (χ2n) is 3.93. The van der Waals surface area contributed by atoms with Crippen LogP contribution in [0.25, 0.3) is 11.0 Å². The highest BCUT2D eigenvalue weighted by atomic mass is 16.5. The van der Waals surface area contributed by atoms with Crippen molar-refractivity contribution < 1.29 is 19.1 Å². The van der Waals surface area contributed by atoms with Crippen molar-refractivity contribution >= 4 is 28.7 Å². The van der Waals surface area contributed by atoms with Gasteiger partial charge in [0.05, 0.1) is 31.5 Å². The van der Waals surface area contributed by atoms with E-state index < -0.39 is 11.9 Å². The van der Waals surface area contributed by atoms with Gasteiger partial charge in [-0.2, -0.15) is 0 Å². The van der Waals surface area contributed by atoms with Crippen LogP contribution >= 0.6 is 0 Å². The highest BCUT2D eigenvalue weighted by molar-refractivity contribution is 6.00. The van der Waals surface area contributed by atoms with Gasteiger partial charge in [0.15, 0.2) is 0 Å². The van der Waals surface area contributed by atoms with Gasteiger partial charge < -0.3 is 14.8 Å². The second-order valence-corrected chi connectivity index (χ2v) is 3.93. The number of anilines is 1. The van der Waals surface area contributed by atoms with Crippen molar-refractivity contribution in [2.45, 2.75) is 0 Å². The minimum absolute atomic E-state index is 0.0532. The summed E-state index contributed by atoms with van der Waals surface area (Å²) in [6.07, 6.45) is 4.12. The number of hydrogen-bond donors (Lipinski definition) is 1. The van der Waals surface area contributed by atoms with E-state index in [1.165, 1.54) is 20.4 Å². The van der Waals surface area contributed by atoms with Gasteiger partial charge in [-0.3, -0.25) is 9.97 Å². The first-order valence-electron chi connectivity index (χ1n) is 6.00. The zero-order valence-corrected chi connectivity index (χ0v) is 11.5. The van der Waals surface area contributed by atoms with E-state index in [9.17, 15) is 9.59 Å². The molecular weight excluding hydrogens is 274 g/mol. The van der Waals surface area contributed by atoms with Crippen molar-refractivity contribution in [2.24, 2.45) is 0 Å². The van der Waals surface area contributed by atoms with Crippen molar-refractivity contribution in [3.63, 3.8) is 0 Å². The number of carbonyl (C=O) groups is 2. The Bertz CT molecular complexity index is 707. The zero-order chi connectivity index (χ0) is 15.2. The van der Waals surface area contributed by atoms with Gasteiger partial charge >= 0.3 is 11.9 Å². The summed E-state index contributed by atoms with van der Waals surface area (Å²) >= 11 is 0. The molecule has 0 spiro atoms. The van der Waals surface area contributed by atoms with Crippen molar-refractivity contribution in [3.05, 3.63) is 42.4 Å².